The number of anilines is 1. The number of nitrogens with zero attached hydrogens (tertiary/aromatic N) is 6. The van der Waals surface area contributed by atoms with Gasteiger partial charge in [-0.05, 0) is 120 Å². The summed E-state index contributed by atoms with van der Waals surface area (Å²) in [5, 5.41) is 7.61. The van der Waals surface area contributed by atoms with Crippen LogP contribution in [0.15, 0.2) is 42.9 Å². The van der Waals surface area contributed by atoms with Gasteiger partial charge >= 0.3 is 12.3 Å². The van der Waals surface area contributed by atoms with Crippen LogP contribution in [0.4, 0.5) is 28.0 Å². The van der Waals surface area contributed by atoms with Gasteiger partial charge in [-0.3, -0.25) is 0 Å². The van der Waals surface area contributed by atoms with Crippen LogP contribution in [0.25, 0.3) is 23.2 Å². The molecule has 2 aliphatic heterocycles. The lowest BCUT2D eigenvalue weighted by Gasteiger charge is -2.49. The van der Waals surface area contributed by atoms with Crippen molar-refractivity contribution in [1.82, 2.24) is 25.1 Å². The number of carbonyl (C=O) groups is 1. The minimum Gasteiger partial charge on any atom is -0.490 e. The lowest BCUT2D eigenvalue weighted by molar-refractivity contribution is -0.139. The van der Waals surface area contributed by atoms with Crippen LogP contribution in [0.2, 0.25) is 0 Å². The molecular weight excluding hydrogens is 664 g/mol. The van der Waals surface area contributed by atoms with Crippen LogP contribution in [0, 0.1) is 17.3 Å². The van der Waals surface area contributed by atoms with Crippen LogP contribution < -0.4 is 9.64 Å². The number of piperidine rings is 2. The molecule has 1 amide bonds. The molecule has 3 aliphatic carbocycles. The van der Waals surface area contributed by atoms with Gasteiger partial charge < -0.3 is 19.3 Å². The maximum Gasteiger partial charge on any atom is 0.421 e. The minimum absolute atomic E-state index is 0.0708. The van der Waals surface area contributed by atoms with E-state index in [9.17, 15) is 4.79 Å². The molecule has 2 aromatic heterocycles. The summed E-state index contributed by atoms with van der Waals surface area (Å²) in [5.74, 6) is -0.358. The zero-order valence-corrected chi connectivity index (χ0v) is 29.3. The van der Waals surface area contributed by atoms with E-state index in [0.29, 0.717) is 68.5 Å². The van der Waals surface area contributed by atoms with E-state index in [1.165, 1.54) is 30.7 Å². The van der Waals surface area contributed by atoms with E-state index in [1.807, 2.05) is 20.8 Å². The summed E-state index contributed by atoms with van der Waals surface area (Å²) >= 11 is 0. The number of likely N-dealkylation sites (tertiary alicyclic amines) is 1. The molecule has 9 nitrogen and oxygen atoms in total. The van der Waals surface area contributed by atoms with Crippen molar-refractivity contribution in [3.8, 4) is 17.0 Å². The van der Waals surface area contributed by atoms with Gasteiger partial charge in [-0.1, -0.05) is 0 Å². The van der Waals surface area contributed by atoms with E-state index >= 15 is 17.6 Å². The summed E-state index contributed by atoms with van der Waals surface area (Å²) in [4.78, 5) is 24.7. The first-order chi connectivity index (χ1) is 24.3. The summed E-state index contributed by atoms with van der Waals surface area (Å²) in [7, 11) is 0. The van der Waals surface area contributed by atoms with Gasteiger partial charge in [0.2, 0.25) is 0 Å². The van der Waals surface area contributed by atoms with E-state index in [-0.39, 0.29) is 40.4 Å². The van der Waals surface area contributed by atoms with Crippen LogP contribution in [-0.2, 0) is 10.9 Å². The number of hydrogen-bond donors (Lipinski definition) is 0. The number of aromatic nitrogens is 4. The molecule has 8 rings (SSSR count). The second-order valence-electron chi connectivity index (χ2n) is 15.7. The zero-order valence-electron chi connectivity index (χ0n) is 29.3. The Kier molecular flexibility index (Phi) is 9.43. The average molecular weight is 709 g/mol. The molecule has 5 aliphatic rings. The highest BCUT2D eigenvalue weighted by atomic mass is 19.4. The molecule has 13 heteroatoms. The van der Waals surface area contributed by atoms with Gasteiger partial charge in [0.05, 0.1) is 29.9 Å². The Hall–Kier alpha value is -4.29. The van der Waals surface area contributed by atoms with Crippen molar-refractivity contribution in [3.63, 3.8) is 0 Å². The van der Waals surface area contributed by atoms with Crippen molar-refractivity contribution in [2.75, 3.05) is 31.1 Å². The van der Waals surface area contributed by atoms with Gasteiger partial charge in [-0.25, -0.2) is 19.2 Å². The number of alkyl halides is 3. The Morgan fingerprint density at radius 2 is 1.69 bits per heavy atom. The fourth-order valence-corrected chi connectivity index (χ4v) is 8.37. The second-order valence-corrected chi connectivity index (χ2v) is 15.7. The van der Waals surface area contributed by atoms with Crippen molar-refractivity contribution < 1.29 is 31.8 Å². The summed E-state index contributed by atoms with van der Waals surface area (Å²) in [6, 6.07) is 6.13. The van der Waals surface area contributed by atoms with Gasteiger partial charge in [0.15, 0.2) is 11.7 Å². The largest absolute Gasteiger partial charge is 0.490 e. The van der Waals surface area contributed by atoms with E-state index in [1.54, 1.807) is 21.9 Å². The number of fused-ring (bicyclic) bond motifs is 2. The Balaban J connectivity index is 1.24. The third kappa shape index (κ3) is 7.82. The predicted molar refractivity (Wildman–Crippen MR) is 184 cm³/mol. The highest BCUT2D eigenvalue weighted by Gasteiger charge is 2.46. The van der Waals surface area contributed by atoms with E-state index in [4.69, 9.17) is 9.47 Å². The van der Waals surface area contributed by atoms with E-state index in [0.717, 1.165) is 38.2 Å². The number of ether oxygens (including phenoxy) is 2. The number of halogens is 4. The van der Waals surface area contributed by atoms with Crippen molar-refractivity contribution in [2.45, 2.75) is 90.0 Å². The summed E-state index contributed by atoms with van der Waals surface area (Å²) < 4.78 is 74.1. The molecule has 4 heterocycles. The minimum atomic E-state index is -4.78. The predicted octanol–water partition coefficient (Wildman–Crippen LogP) is 8.60. The molecule has 1 spiro atoms. The maximum absolute atomic E-state index is 16.1. The SMILES string of the molecule is CC(C)(C)OC(=O)N1CCC2(CCCN(c3c(/C=C(\F)c4nccc(-c5ccnnc5)n4)ccc(OC4CC5CC(C5)C4)c3C(F)(F)F)C2)CC1. The maximum atomic E-state index is 16.1. The third-order valence-corrected chi connectivity index (χ3v) is 10.8. The third-order valence-electron chi connectivity index (χ3n) is 10.8. The fraction of sp³-hybridized carbons (Fsp3) is 0.553. The normalized spacial score (nSPS) is 23.5. The van der Waals surface area contributed by atoms with Crippen molar-refractivity contribution in [1.29, 1.82) is 0 Å². The summed E-state index contributed by atoms with van der Waals surface area (Å²) in [6.45, 7) is 7.05. The Morgan fingerprint density at radius 1 is 0.941 bits per heavy atom. The molecule has 2 bridgehead atoms. The fourth-order valence-electron chi connectivity index (χ4n) is 8.37. The molecule has 0 unspecified atom stereocenters. The topological polar surface area (TPSA) is 93.6 Å². The van der Waals surface area contributed by atoms with Crippen molar-refractivity contribution in [3.05, 3.63) is 59.8 Å². The summed E-state index contributed by atoms with van der Waals surface area (Å²) in [6.07, 6.45) is 6.42. The zero-order chi connectivity index (χ0) is 36.0. The lowest BCUT2D eigenvalue weighted by Crippen LogP contribution is -2.51. The first-order valence-corrected chi connectivity index (χ1v) is 17.9. The number of hydrogen-bond acceptors (Lipinski definition) is 8. The van der Waals surface area contributed by atoms with Gasteiger partial charge in [-0.2, -0.15) is 23.4 Å². The Morgan fingerprint density at radius 3 is 2.35 bits per heavy atom. The monoisotopic (exact) mass is 708 g/mol. The van der Waals surface area contributed by atoms with Gasteiger partial charge in [0, 0.05) is 43.5 Å². The van der Waals surface area contributed by atoms with Crippen molar-refractivity contribution >= 4 is 23.7 Å². The number of carbonyl (C=O) groups excluding carboxylic acids is 1. The Labute approximate surface area is 295 Å². The molecule has 3 saturated carbocycles. The quantitative estimate of drug-likeness (QED) is 0.235. The first-order valence-electron chi connectivity index (χ1n) is 17.9. The summed E-state index contributed by atoms with van der Waals surface area (Å²) in [5.41, 5.74) is -0.866. The van der Waals surface area contributed by atoms with Crippen LogP contribution in [-0.4, -0.2) is 69.0 Å². The Bertz CT molecular complexity index is 1760. The molecule has 5 fully saturated rings. The van der Waals surface area contributed by atoms with Crippen LogP contribution >= 0.6 is 0 Å². The van der Waals surface area contributed by atoms with Gasteiger partial charge in [0.1, 0.15) is 16.9 Å². The second kappa shape index (κ2) is 13.7. The van der Waals surface area contributed by atoms with Crippen molar-refractivity contribution in [2.24, 2.45) is 17.3 Å². The highest BCUT2D eigenvalue weighted by molar-refractivity contribution is 5.83. The van der Waals surface area contributed by atoms with Gasteiger partial charge in [-0.15, -0.1) is 0 Å². The van der Waals surface area contributed by atoms with E-state index in [2.05, 4.69) is 20.2 Å². The van der Waals surface area contributed by atoms with Crippen LogP contribution in [0.3, 0.4) is 0 Å². The molecule has 0 atom stereocenters. The molecule has 2 saturated heterocycles. The standard InChI is InChI=1S/C38H44F4N6O3/c1-36(2,3)51-35(49)47-15-10-37(11-16-47)9-4-14-48(23-37)33-26(21-29(39)34-43-12-8-30(46-34)27-7-13-44-45-22-27)5-6-31(32(33)38(40,41)42)50-28-19-24-17-25(18-24)20-28/h5-8,12-13,21-22,24-25,28H,4,9-11,14-20,23H2,1-3H3/b29-21-. The lowest BCUT2D eigenvalue weighted by atomic mass is 9.64. The molecule has 1 aromatic carbocycles. The number of benzene rings is 1. The van der Waals surface area contributed by atoms with Gasteiger partial charge in [0.25, 0.3) is 0 Å². The molecule has 272 valence electrons. The molecule has 3 aromatic rings. The van der Waals surface area contributed by atoms with Crippen LogP contribution in [0.1, 0.15) is 89.1 Å². The smallest absolute Gasteiger partial charge is 0.421 e. The van der Waals surface area contributed by atoms with E-state index < -0.39 is 23.2 Å². The van der Waals surface area contributed by atoms with Crippen LogP contribution in [0.5, 0.6) is 5.75 Å². The molecular formula is C38H44F4N6O3. The number of rotatable bonds is 6. The average Bonchev–Trinajstić information content (AvgIpc) is 3.08. The molecule has 0 N–H and O–H groups in total. The highest BCUT2D eigenvalue weighted by Crippen LogP contribution is 2.51. The molecule has 51 heavy (non-hydrogen) atoms. The first kappa shape index (κ1) is 35.1. The molecule has 0 radical (unpaired) electrons. The number of amides is 1.